The maximum absolute atomic E-state index is 12.8. The predicted octanol–water partition coefficient (Wildman–Crippen LogP) is 6.22. The van der Waals surface area contributed by atoms with E-state index in [1.54, 1.807) is 0 Å². The molecule has 2 bridgehead atoms. The molecule has 4 aliphatic carbocycles. The number of carboxylic acid groups (broad SMARTS) is 1. The molecule has 1 atom stereocenters. The van der Waals surface area contributed by atoms with Gasteiger partial charge >= 0.3 is 12.1 Å². The van der Waals surface area contributed by atoms with Gasteiger partial charge in [-0.2, -0.15) is 0 Å². The average molecular weight is 482 g/mol. The van der Waals surface area contributed by atoms with Crippen molar-refractivity contribution < 1.29 is 19.4 Å². The van der Waals surface area contributed by atoms with Crippen LogP contribution >= 0.6 is 0 Å². The van der Waals surface area contributed by atoms with Crippen molar-refractivity contribution in [3.05, 3.63) is 95.1 Å². The van der Waals surface area contributed by atoms with Gasteiger partial charge in [0.25, 0.3) is 0 Å². The number of benzene rings is 3. The first-order chi connectivity index (χ1) is 17.3. The summed E-state index contributed by atoms with van der Waals surface area (Å²) in [4.78, 5) is 25.0. The van der Waals surface area contributed by atoms with Crippen molar-refractivity contribution >= 4 is 12.1 Å². The van der Waals surface area contributed by atoms with E-state index >= 15 is 0 Å². The minimum Gasteiger partial charge on any atom is -0.480 e. The second-order valence-electron chi connectivity index (χ2n) is 11.2. The molecule has 2 N–H and O–H groups in total. The van der Waals surface area contributed by atoms with Crippen molar-refractivity contribution in [3.8, 4) is 11.1 Å². The molecule has 36 heavy (non-hydrogen) atoms. The molecular weight excluding hydrogens is 450 g/mol. The van der Waals surface area contributed by atoms with Gasteiger partial charge < -0.3 is 15.2 Å². The smallest absolute Gasteiger partial charge is 0.407 e. The highest BCUT2D eigenvalue weighted by molar-refractivity contribution is 5.82. The molecule has 1 amide bonds. The standard InChI is InChI=1S/C31H31NO4/c1-19(2)20-11-13-21(14-12-20)30-16-31(17-30,18-30)27(28(33)34)32-29(35)36-15-26-24-9-5-3-7-22(24)23-8-4-6-10-25(23)26/h3-14,19,26-27H,15-18H2,1-2H3,(H,32,35)(H,33,34). The van der Waals surface area contributed by atoms with Crippen LogP contribution in [0.15, 0.2) is 72.8 Å². The van der Waals surface area contributed by atoms with Crippen LogP contribution in [0, 0.1) is 5.41 Å². The zero-order chi connectivity index (χ0) is 25.1. The van der Waals surface area contributed by atoms with Gasteiger partial charge in [0, 0.05) is 11.3 Å². The lowest BCUT2D eigenvalue weighted by Gasteiger charge is -2.72. The highest BCUT2D eigenvalue weighted by Gasteiger charge is 2.72. The van der Waals surface area contributed by atoms with E-state index in [1.807, 2.05) is 24.3 Å². The molecule has 7 rings (SSSR count). The topological polar surface area (TPSA) is 75.6 Å². The predicted molar refractivity (Wildman–Crippen MR) is 138 cm³/mol. The molecule has 4 aliphatic rings. The summed E-state index contributed by atoms with van der Waals surface area (Å²) in [7, 11) is 0. The number of rotatable bonds is 7. The Hall–Kier alpha value is -3.60. The Balaban J connectivity index is 1.11. The molecule has 3 saturated carbocycles. The molecule has 0 saturated heterocycles. The van der Waals surface area contributed by atoms with Gasteiger partial charge in [0.05, 0.1) is 0 Å². The van der Waals surface area contributed by atoms with Crippen LogP contribution in [0.2, 0.25) is 0 Å². The third-order valence-electron chi connectivity index (χ3n) is 8.73. The van der Waals surface area contributed by atoms with Gasteiger partial charge in [0.2, 0.25) is 0 Å². The van der Waals surface area contributed by atoms with Crippen LogP contribution in [0.4, 0.5) is 4.79 Å². The largest absolute Gasteiger partial charge is 0.480 e. The Morgan fingerprint density at radius 3 is 2.00 bits per heavy atom. The number of hydrogen-bond donors (Lipinski definition) is 2. The molecule has 3 aromatic rings. The van der Waals surface area contributed by atoms with E-state index in [1.165, 1.54) is 11.1 Å². The van der Waals surface area contributed by atoms with Crippen molar-refractivity contribution in [1.29, 1.82) is 0 Å². The summed E-state index contributed by atoms with van der Waals surface area (Å²) in [6.45, 7) is 4.53. The summed E-state index contributed by atoms with van der Waals surface area (Å²) in [5, 5.41) is 12.7. The zero-order valence-corrected chi connectivity index (χ0v) is 20.7. The fourth-order valence-electron chi connectivity index (χ4n) is 6.94. The Morgan fingerprint density at radius 2 is 1.47 bits per heavy atom. The summed E-state index contributed by atoms with van der Waals surface area (Å²) in [5.41, 5.74) is 6.81. The van der Waals surface area contributed by atoms with Crippen LogP contribution in [0.5, 0.6) is 0 Å². The van der Waals surface area contributed by atoms with Crippen molar-refractivity contribution in [2.24, 2.45) is 5.41 Å². The average Bonchev–Trinajstić information content (AvgIpc) is 3.14. The lowest BCUT2D eigenvalue weighted by Crippen LogP contribution is -2.73. The van der Waals surface area contributed by atoms with Crippen molar-refractivity contribution in [2.45, 2.75) is 56.4 Å². The number of alkyl carbamates (subject to hydrolysis) is 1. The number of amides is 1. The van der Waals surface area contributed by atoms with Gasteiger partial charge in [0.15, 0.2) is 0 Å². The fourth-order valence-corrected chi connectivity index (χ4v) is 6.94. The summed E-state index contributed by atoms with van der Waals surface area (Å²) in [5.74, 6) is -0.568. The second kappa shape index (κ2) is 8.22. The number of carboxylic acids is 1. The summed E-state index contributed by atoms with van der Waals surface area (Å²) >= 11 is 0. The molecule has 184 valence electrons. The minimum absolute atomic E-state index is 0.0477. The third kappa shape index (κ3) is 3.44. The van der Waals surface area contributed by atoms with Crippen molar-refractivity contribution in [1.82, 2.24) is 5.32 Å². The van der Waals surface area contributed by atoms with Crippen molar-refractivity contribution in [3.63, 3.8) is 0 Å². The first kappa shape index (κ1) is 22.8. The van der Waals surface area contributed by atoms with E-state index in [0.29, 0.717) is 5.92 Å². The first-order valence-electron chi connectivity index (χ1n) is 12.8. The number of fused-ring (bicyclic) bond motifs is 3. The summed E-state index contributed by atoms with van der Waals surface area (Å²) in [6.07, 6.45) is 1.68. The van der Waals surface area contributed by atoms with Gasteiger partial charge in [-0.05, 0) is 64.0 Å². The number of ether oxygens (including phenoxy) is 1. The molecule has 1 unspecified atom stereocenters. The molecule has 0 spiro atoms. The lowest BCUT2D eigenvalue weighted by molar-refractivity contribution is -0.183. The monoisotopic (exact) mass is 481 g/mol. The number of nitrogens with one attached hydrogen (secondary N) is 1. The molecule has 3 aromatic carbocycles. The van der Waals surface area contributed by atoms with Gasteiger partial charge in [0.1, 0.15) is 12.6 Å². The maximum atomic E-state index is 12.8. The SMILES string of the molecule is CC(C)c1ccc(C23CC(C(NC(=O)OCC4c5ccccc5-c5ccccc54)C(=O)O)(C2)C3)cc1. The first-order valence-corrected chi connectivity index (χ1v) is 12.8. The zero-order valence-electron chi connectivity index (χ0n) is 20.7. The molecule has 0 radical (unpaired) electrons. The van der Waals surface area contributed by atoms with E-state index in [-0.39, 0.29) is 17.9 Å². The Morgan fingerprint density at radius 1 is 0.917 bits per heavy atom. The molecule has 5 nitrogen and oxygen atoms in total. The van der Waals surface area contributed by atoms with Gasteiger partial charge in [-0.25, -0.2) is 9.59 Å². The number of carbonyl (C=O) groups excluding carboxylic acids is 1. The van der Waals surface area contributed by atoms with E-state index in [9.17, 15) is 14.7 Å². The fraction of sp³-hybridized carbons (Fsp3) is 0.355. The molecule has 0 heterocycles. The van der Waals surface area contributed by atoms with Crippen LogP contribution in [-0.4, -0.2) is 29.8 Å². The van der Waals surface area contributed by atoms with E-state index in [0.717, 1.165) is 41.5 Å². The van der Waals surface area contributed by atoms with Gasteiger partial charge in [-0.3, -0.25) is 0 Å². The third-order valence-corrected chi connectivity index (χ3v) is 8.73. The number of carbonyl (C=O) groups is 2. The highest BCUT2D eigenvalue weighted by Crippen LogP contribution is 2.75. The molecule has 0 aromatic heterocycles. The van der Waals surface area contributed by atoms with E-state index < -0.39 is 23.5 Å². The van der Waals surface area contributed by atoms with Crippen LogP contribution in [0.3, 0.4) is 0 Å². The van der Waals surface area contributed by atoms with Crippen LogP contribution in [0.25, 0.3) is 11.1 Å². The number of aliphatic carboxylic acids is 1. The summed E-state index contributed by atoms with van der Waals surface area (Å²) in [6, 6.07) is 24.1. The van der Waals surface area contributed by atoms with Gasteiger partial charge in [-0.15, -0.1) is 0 Å². The Bertz CT molecular complexity index is 1280. The van der Waals surface area contributed by atoms with E-state index in [2.05, 4.69) is 67.7 Å². The quantitative estimate of drug-likeness (QED) is 0.420. The van der Waals surface area contributed by atoms with Gasteiger partial charge in [-0.1, -0.05) is 86.6 Å². The maximum Gasteiger partial charge on any atom is 0.407 e. The Kier molecular flexibility index (Phi) is 5.22. The van der Waals surface area contributed by atoms with Crippen LogP contribution < -0.4 is 5.32 Å². The molecule has 5 heteroatoms. The Labute approximate surface area is 211 Å². The molecule has 0 aliphatic heterocycles. The second-order valence-corrected chi connectivity index (χ2v) is 11.2. The summed E-state index contributed by atoms with van der Waals surface area (Å²) < 4.78 is 5.63. The number of hydrogen-bond acceptors (Lipinski definition) is 3. The minimum atomic E-state index is -0.994. The molecular formula is C31H31NO4. The molecule has 3 fully saturated rings. The van der Waals surface area contributed by atoms with Crippen LogP contribution in [0.1, 0.15) is 67.2 Å². The van der Waals surface area contributed by atoms with Crippen LogP contribution in [-0.2, 0) is 14.9 Å². The lowest BCUT2D eigenvalue weighted by atomic mass is 9.31. The van der Waals surface area contributed by atoms with Crippen molar-refractivity contribution in [2.75, 3.05) is 6.61 Å². The van der Waals surface area contributed by atoms with E-state index in [4.69, 9.17) is 4.74 Å². The highest BCUT2D eigenvalue weighted by atomic mass is 16.5. The normalized spacial score (nSPS) is 24.2.